The highest BCUT2D eigenvalue weighted by atomic mass is 32.2. The first-order valence-corrected chi connectivity index (χ1v) is 10.5. The standard InChI is InChI=1S/C19H28N4O3S/c1-19(2,3)18-17(14-21(4)20-18)27(24,25)23-12-10-22(11-13-23)15-8-6-7-9-16(15)26-5/h6-9,14H,10-13H2,1-5H3. The zero-order chi connectivity index (χ0) is 19.8. The Bertz CT molecular complexity index is 907. The average Bonchev–Trinajstić information content (AvgIpc) is 3.05. The second-order valence-electron chi connectivity index (χ2n) is 7.83. The molecule has 0 N–H and O–H groups in total. The van der Waals surface area contributed by atoms with E-state index in [-0.39, 0.29) is 5.41 Å². The SMILES string of the molecule is COc1ccccc1N1CCN(S(=O)(=O)c2cn(C)nc2C(C)(C)C)CC1. The molecule has 7 nitrogen and oxygen atoms in total. The average molecular weight is 393 g/mol. The van der Waals surface area contributed by atoms with E-state index in [1.807, 2.05) is 45.0 Å². The van der Waals surface area contributed by atoms with Crippen molar-refractivity contribution >= 4 is 15.7 Å². The van der Waals surface area contributed by atoms with Gasteiger partial charge in [-0.15, -0.1) is 0 Å². The van der Waals surface area contributed by atoms with E-state index in [0.29, 0.717) is 36.8 Å². The van der Waals surface area contributed by atoms with Crippen LogP contribution in [0.5, 0.6) is 5.75 Å². The first-order valence-electron chi connectivity index (χ1n) is 9.07. The monoisotopic (exact) mass is 392 g/mol. The Morgan fingerprint density at radius 1 is 1.07 bits per heavy atom. The fourth-order valence-electron chi connectivity index (χ4n) is 3.37. The van der Waals surface area contributed by atoms with Gasteiger partial charge in [-0.1, -0.05) is 32.9 Å². The molecule has 27 heavy (non-hydrogen) atoms. The fourth-order valence-corrected chi connectivity index (χ4v) is 5.17. The largest absolute Gasteiger partial charge is 0.495 e. The van der Waals surface area contributed by atoms with Gasteiger partial charge in [-0.3, -0.25) is 4.68 Å². The third kappa shape index (κ3) is 3.82. The second kappa shape index (κ2) is 7.16. The van der Waals surface area contributed by atoms with Crippen molar-refractivity contribution in [1.29, 1.82) is 0 Å². The van der Waals surface area contributed by atoms with Gasteiger partial charge in [0.25, 0.3) is 0 Å². The number of aryl methyl sites for hydroxylation is 1. The van der Waals surface area contributed by atoms with Crippen LogP contribution in [0.1, 0.15) is 26.5 Å². The number of hydrogen-bond donors (Lipinski definition) is 0. The number of nitrogens with zero attached hydrogens (tertiary/aromatic N) is 4. The van der Waals surface area contributed by atoms with Crippen LogP contribution in [0.15, 0.2) is 35.4 Å². The van der Waals surface area contributed by atoms with E-state index in [4.69, 9.17) is 4.74 Å². The summed E-state index contributed by atoms with van der Waals surface area (Å²) in [5, 5.41) is 4.41. The quantitative estimate of drug-likeness (QED) is 0.798. The molecule has 2 aromatic rings. The summed E-state index contributed by atoms with van der Waals surface area (Å²) in [7, 11) is -0.178. The van der Waals surface area contributed by atoms with Crippen molar-refractivity contribution in [3.05, 3.63) is 36.2 Å². The molecule has 0 spiro atoms. The van der Waals surface area contributed by atoms with Crippen LogP contribution < -0.4 is 9.64 Å². The Labute approximate surface area is 161 Å². The maximum absolute atomic E-state index is 13.3. The fraction of sp³-hybridized carbons (Fsp3) is 0.526. The van der Waals surface area contributed by atoms with Gasteiger partial charge < -0.3 is 9.64 Å². The molecule has 1 aliphatic rings. The molecule has 1 aromatic heterocycles. The normalized spacial score (nSPS) is 16.6. The summed E-state index contributed by atoms with van der Waals surface area (Å²) in [6.07, 6.45) is 1.61. The summed E-state index contributed by atoms with van der Waals surface area (Å²) in [6, 6.07) is 7.82. The Hall–Kier alpha value is -2.06. The Morgan fingerprint density at radius 3 is 2.30 bits per heavy atom. The van der Waals surface area contributed by atoms with Crippen LogP contribution >= 0.6 is 0 Å². The number of ether oxygens (including phenoxy) is 1. The Kier molecular flexibility index (Phi) is 5.22. The molecule has 1 saturated heterocycles. The molecule has 0 amide bonds. The number of benzene rings is 1. The summed E-state index contributed by atoms with van der Waals surface area (Å²) >= 11 is 0. The Morgan fingerprint density at radius 2 is 1.70 bits per heavy atom. The lowest BCUT2D eigenvalue weighted by molar-refractivity contribution is 0.377. The number of sulfonamides is 1. The van der Waals surface area contributed by atoms with E-state index >= 15 is 0 Å². The molecule has 0 saturated carbocycles. The molecule has 148 valence electrons. The number of anilines is 1. The van der Waals surface area contributed by atoms with Gasteiger partial charge in [0.2, 0.25) is 10.0 Å². The zero-order valence-electron chi connectivity index (χ0n) is 16.6. The predicted molar refractivity (Wildman–Crippen MR) is 106 cm³/mol. The van der Waals surface area contributed by atoms with Crippen molar-refractivity contribution in [1.82, 2.24) is 14.1 Å². The van der Waals surface area contributed by atoms with E-state index in [2.05, 4.69) is 10.00 Å². The molecule has 1 fully saturated rings. The van der Waals surface area contributed by atoms with Gasteiger partial charge in [-0.05, 0) is 12.1 Å². The maximum atomic E-state index is 13.3. The van der Waals surface area contributed by atoms with Gasteiger partial charge in [0.1, 0.15) is 10.6 Å². The van der Waals surface area contributed by atoms with Crippen LogP contribution in [0, 0.1) is 0 Å². The summed E-state index contributed by atoms with van der Waals surface area (Å²) in [4.78, 5) is 2.47. The summed E-state index contributed by atoms with van der Waals surface area (Å²) in [5.41, 5.74) is 1.26. The van der Waals surface area contributed by atoms with E-state index < -0.39 is 10.0 Å². The smallest absolute Gasteiger partial charge is 0.246 e. The van der Waals surface area contributed by atoms with Crippen molar-refractivity contribution < 1.29 is 13.2 Å². The van der Waals surface area contributed by atoms with Gasteiger partial charge in [-0.2, -0.15) is 9.40 Å². The molecule has 0 atom stereocenters. The highest BCUT2D eigenvalue weighted by molar-refractivity contribution is 7.89. The van der Waals surface area contributed by atoms with Crippen molar-refractivity contribution in [2.24, 2.45) is 7.05 Å². The molecule has 0 radical (unpaired) electrons. The van der Waals surface area contributed by atoms with Gasteiger partial charge in [0.05, 0.1) is 18.5 Å². The van der Waals surface area contributed by atoms with Gasteiger partial charge in [0.15, 0.2) is 0 Å². The highest BCUT2D eigenvalue weighted by Gasteiger charge is 2.35. The molecule has 1 aliphatic heterocycles. The summed E-state index contributed by atoms with van der Waals surface area (Å²) in [6.45, 7) is 8.03. The van der Waals surface area contributed by atoms with Crippen LogP contribution in [-0.4, -0.2) is 55.8 Å². The molecule has 0 aliphatic carbocycles. The van der Waals surface area contributed by atoms with Crippen molar-refractivity contribution in [2.45, 2.75) is 31.1 Å². The van der Waals surface area contributed by atoms with Crippen molar-refractivity contribution in [2.75, 3.05) is 38.2 Å². The van der Waals surface area contributed by atoms with E-state index in [9.17, 15) is 8.42 Å². The van der Waals surface area contributed by atoms with Crippen LogP contribution in [0.25, 0.3) is 0 Å². The summed E-state index contributed by atoms with van der Waals surface area (Å²) in [5.74, 6) is 0.802. The van der Waals surface area contributed by atoms with Crippen LogP contribution in [0.2, 0.25) is 0 Å². The lowest BCUT2D eigenvalue weighted by atomic mass is 9.92. The van der Waals surface area contributed by atoms with Crippen LogP contribution in [0.3, 0.4) is 0 Å². The molecule has 8 heteroatoms. The van der Waals surface area contributed by atoms with E-state index in [1.165, 1.54) is 0 Å². The minimum atomic E-state index is -3.58. The second-order valence-corrected chi connectivity index (χ2v) is 9.73. The lowest BCUT2D eigenvalue weighted by Crippen LogP contribution is -2.49. The molecule has 2 heterocycles. The number of piperazine rings is 1. The van der Waals surface area contributed by atoms with Crippen molar-refractivity contribution in [3.8, 4) is 5.75 Å². The first-order chi connectivity index (χ1) is 12.6. The topological polar surface area (TPSA) is 67.7 Å². The van der Waals surface area contributed by atoms with Gasteiger partial charge in [-0.25, -0.2) is 8.42 Å². The summed E-state index contributed by atoms with van der Waals surface area (Å²) < 4.78 is 35.1. The number of aromatic nitrogens is 2. The first kappa shape index (κ1) is 19.7. The van der Waals surface area contributed by atoms with E-state index in [1.54, 1.807) is 29.3 Å². The van der Waals surface area contributed by atoms with Gasteiger partial charge in [0, 0.05) is 44.8 Å². The Balaban J connectivity index is 1.82. The van der Waals surface area contributed by atoms with Crippen molar-refractivity contribution in [3.63, 3.8) is 0 Å². The lowest BCUT2D eigenvalue weighted by Gasteiger charge is -2.36. The molecule has 3 rings (SSSR count). The number of rotatable bonds is 4. The number of methoxy groups -OCH3 is 1. The third-order valence-electron chi connectivity index (χ3n) is 4.79. The number of hydrogen-bond acceptors (Lipinski definition) is 5. The van der Waals surface area contributed by atoms with Crippen LogP contribution in [0.4, 0.5) is 5.69 Å². The molecule has 1 aromatic carbocycles. The molecule has 0 bridgehead atoms. The predicted octanol–water partition coefficient (Wildman–Crippen LogP) is 2.24. The highest BCUT2D eigenvalue weighted by Crippen LogP contribution is 2.32. The molecular formula is C19H28N4O3S. The third-order valence-corrected chi connectivity index (χ3v) is 6.69. The number of para-hydroxylation sites is 2. The maximum Gasteiger partial charge on any atom is 0.246 e. The minimum absolute atomic E-state index is 0.309. The molecule has 0 unspecified atom stereocenters. The zero-order valence-corrected chi connectivity index (χ0v) is 17.5. The minimum Gasteiger partial charge on any atom is -0.495 e. The molecular weight excluding hydrogens is 364 g/mol. The van der Waals surface area contributed by atoms with Crippen LogP contribution in [-0.2, 0) is 22.5 Å². The van der Waals surface area contributed by atoms with Gasteiger partial charge >= 0.3 is 0 Å². The van der Waals surface area contributed by atoms with E-state index in [0.717, 1.165) is 11.4 Å².